The summed E-state index contributed by atoms with van der Waals surface area (Å²) in [5.41, 5.74) is 7.01. The number of methoxy groups -OCH3 is 2. The molecule has 3 aromatic rings. The summed E-state index contributed by atoms with van der Waals surface area (Å²) in [6.07, 6.45) is 12.3. The Morgan fingerprint density at radius 3 is 1.32 bits per heavy atom. The standard InChI is InChI=1S/C34H42O4/c1-7-19-37-33-29(9-3)21-27(22-30(33)10-4)17-15-25-11-13-26(14-12-25)16-18-28-23-31(35-5)34(38-20-8-2)32(24-28)36-6/h11-18,21-24H,7-10,19-20H2,1-6H3/b17-15+,18-16+. The molecule has 0 spiro atoms. The number of rotatable bonds is 14. The molecule has 0 aliphatic heterocycles. The zero-order valence-electron chi connectivity index (χ0n) is 23.8. The van der Waals surface area contributed by atoms with Crippen molar-refractivity contribution in [3.05, 3.63) is 81.9 Å². The van der Waals surface area contributed by atoms with Crippen LogP contribution in [0.2, 0.25) is 0 Å². The van der Waals surface area contributed by atoms with Crippen LogP contribution in [0.15, 0.2) is 48.5 Å². The lowest BCUT2D eigenvalue weighted by molar-refractivity contribution is 0.275. The van der Waals surface area contributed by atoms with Gasteiger partial charge in [-0.05, 0) is 83.3 Å². The first-order valence-electron chi connectivity index (χ1n) is 13.7. The van der Waals surface area contributed by atoms with Crippen LogP contribution in [0.25, 0.3) is 24.3 Å². The number of aryl methyl sites for hydroxylation is 2. The van der Waals surface area contributed by atoms with Crippen molar-refractivity contribution in [3.8, 4) is 23.0 Å². The third-order valence-corrected chi connectivity index (χ3v) is 6.28. The van der Waals surface area contributed by atoms with Gasteiger partial charge in [0.2, 0.25) is 5.75 Å². The van der Waals surface area contributed by atoms with Crippen molar-refractivity contribution in [2.24, 2.45) is 0 Å². The molecule has 0 radical (unpaired) electrons. The maximum Gasteiger partial charge on any atom is 0.203 e. The Kier molecular flexibility index (Phi) is 11.4. The molecule has 0 aliphatic rings. The number of hydrogen-bond acceptors (Lipinski definition) is 4. The Morgan fingerprint density at radius 2 is 0.921 bits per heavy atom. The summed E-state index contributed by atoms with van der Waals surface area (Å²) in [5.74, 6) is 3.05. The van der Waals surface area contributed by atoms with E-state index in [9.17, 15) is 0 Å². The Bertz CT molecular complexity index is 1080. The third kappa shape index (κ3) is 7.67. The fraction of sp³-hybridized carbons (Fsp3) is 0.353. The van der Waals surface area contributed by atoms with Crippen molar-refractivity contribution < 1.29 is 18.9 Å². The van der Waals surface area contributed by atoms with Crippen LogP contribution in [0.3, 0.4) is 0 Å². The highest BCUT2D eigenvalue weighted by molar-refractivity contribution is 5.75. The molecule has 4 heteroatoms. The largest absolute Gasteiger partial charge is 0.493 e. The minimum atomic E-state index is 0.612. The molecule has 0 aliphatic carbocycles. The zero-order valence-corrected chi connectivity index (χ0v) is 23.8. The van der Waals surface area contributed by atoms with Crippen LogP contribution in [0.4, 0.5) is 0 Å². The summed E-state index contributed by atoms with van der Waals surface area (Å²) < 4.78 is 23.0. The Morgan fingerprint density at radius 1 is 0.526 bits per heavy atom. The second-order valence-electron chi connectivity index (χ2n) is 9.16. The monoisotopic (exact) mass is 514 g/mol. The van der Waals surface area contributed by atoms with Crippen molar-refractivity contribution in [2.75, 3.05) is 27.4 Å². The average Bonchev–Trinajstić information content (AvgIpc) is 2.96. The number of benzene rings is 3. The highest BCUT2D eigenvalue weighted by Gasteiger charge is 2.13. The van der Waals surface area contributed by atoms with Gasteiger partial charge in [0.1, 0.15) is 5.75 Å². The zero-order chi connectivity index (χ0) is 27.3. The van der Waals surface area contributed by atoms with Gasteiger partial charge in [-0.3, -0.25) is 0 Å². The Labute approximate surface area is 228 Å². The molecule has 0 atom stereocenters. The van der Waals surface area contributed by atoms with E-state index in [1.807, 2.05) is 12.1 Å². The van der Waals surface area contributed by atoms with Crippen molar-refractivity contribution in [1.82, 2.24) is 0 Å². The fourth-order valence-corrected chi connectivity index (χ4v) is 4.24. The van der Waals surface area contributed by atoms with E-state index in [2.05, 4.69) is 88.4 Å². The molecule has 3 rings (SSSR count). The quantitative estimate of drug-likeness (QED) is 0.202. The van der Waals surface area contributed by atoms with Gasteiger partial charge < -0.3 is 18.9 Å². The maximum absolute atomic E-state index is 6.08. The lowest BCUT2D eigenvalue weighted by atomic mass is 9.99. The Hall–Kier alpha value is -3.66. The van der Waals surface area contributed by atoms with E-state index in [0.717, 1.165) is 54.7 Å². The van der Waals surface area contributed by atoms with Crippen LogP contribution in [-0.4, -0.2) is 27.4 Å². The molecule has 0 amide bonds. The summed E-state index contributed by atoms with van der Waals surface area (Å²) in [4.78, 5) is 0. The number of hydrogen-bond donors (Lipinski definition) is 0. The maximum atomic E-state index is 6.08. The van der Waals surface area contributed by atoms with Crippen LogP contribution in [-0.2, 0) is 12.8 Å². The first-order chi connectivity index (χ1) is 18.6. The van der Waals surface area contributed by atoms with Crippen LogP contribution < -0.4 is 18.9 Å². The van der Waals surface area contributed by atoms with Crippen molar-refractivity contribution in [2.45, 2.75) is 53.4 Å². The van der Waals surface area contributed by atoms with Gasteiger partial charge in [-0.25, -0.2) is 0 Å². The minimum absolute atomic E-state index is 0.612. The van der Waals surface area contributed by atoms with E-state index < -0.39 is 0 Å². The first kappa shape index (κ1) is 28.9. The molecule has 0 bridgehead atoms. The second kappa shape index (κ2) is 14.9. The summed E-state index contributed by atoms with van der Waals surface area (Å²) in [6.45, 7) is 9.96. The highest BCUT2D eigenvalue weighted by atomic mass is 16.5. The van der Waals surface area contributed by atoms with Gasteiger partial charge in [0.05, 0.1) is 27.4 Å². The lowest BCUT2D eigenvalue weighted by Gasteiger charge is -2.15. The van der Waals surface area contributed by atoms with Gasteiger partial charge in [-0.15, -0.1) is 0 Å². The predicted octanol–water partition coefficient (Wildman–Crippen LogP) is 8.75. The molecule has 0 saturated carbocycles. The normalized spacial score (nSPS) is 11.3. The van der Waals surface area contributed by atoms with E-state index in [1.54, 1.807) is 14.2 Å². The summed E-state index contributed by atoms with van der Waals surface area (Å²) in [6, 6.07) is 17.0. The van der Waals surface area contributed by atoms with Crippen LogP contribution >= 0.6 is 0 Å². The van der Waals surface area contributed by atoms with Gasteiger partial charge >= 0.3 is 0 Å². The minimum Gasteiger partial charge on any atom is -0.493 e. The van der Waals surface area contributed by atoms with Crippen molar-refractivity contribution in [1.29, 1.82) is 0 Å². The lowest BCUT2D eigenvalue weighted by Crippen LogP contribution is -2.02. The molecule has 0 aromatic heterocycles. The molecular formula is C34H42O4. The number of ether oxygens (including phenoxy) is 4. The van der Waals surface area contributed by atoms with E-state index >= 15 is 0 Å². The first-order valence-corrected chi connectivity index (χ1v) is 13.7. The van der Waals surface area contributed by atoms with Gasteiger partial charge in [0, 0.05) is 0 Å². The van der Waals surface area contributed by atoms with Gasteiger partial charge in [0.25, 0.3) is 0 Å². The predicted molar refractivity (Wildman–Crippen MR) is 161 cm³/mol. The summed E-state index contributed by atoms with van der Waals surface area (Å²) in [7, 11) is 3.29. The molecule has 0 unspecified atom stereocenters. The fourth-order valence-electron chi connectivity index (χ4n) is 4.24. The molecule has 0 saturated heterocycles. The van der Waals surface area contributed by atoms with E-state index in [1.165, 1.54) is 16.7 Å². The molecule has 0 N–H and O–H groups in total. The SMILES string of the molecule is CCCOc1c(CC)cc(/C=C/c2ccc(/C=C/c3cc(OC)c(OCCC)c(OC)c3)cc2)cc1CC. The molecule has 38 heavy (non-hydrogen) atoms. The van der Waals surface area contributed by atoms with Crippen LogP contribution in [0, 0.1) is 0 Å². The van der Waals surface area contributed by atoms with Gasteiger partial charge in [-0.1, -0.05) is 76.3 Å². The van der Waals surface area contributed by atoms with Crippen molar-refractivity contribution >= 4 is 24.3 Å². The molecule has 202 valence electrons. The van der Waals surface area contributed by atoms with Crippen molar-refractivity contribution in [3.63, 3.8) is 0 Å². The van der Waals surface area contributed by atoms with E-state index in [4.69, 9.17) is 18.9 Å². The highest BCUT2D eigenvalue weighted by Crippen LogP contribution is 2.39. The summed E-state index contributed by atoms with van der Waals surface area (Å²) >= 11 is 0. The third-order valence-electron chi connectivity index (χ3n) is 6.28. The second-order valence-corrected chi connectivity index (χ2v) is 9.16. The molecule has 3 aromatic carbocycles. The molecule has 0 fully saturated rings. The topological polar surface area (TPSA) is 36.9 Å². The van der Waals surface area contributed by atoms with Crippen LogP contribution in [0.5, 0.6) is 23.0 Å². The molecule has 0 heterocycles. The molecular weight excluding hydrogens is 472 g/mol. The Balaban J connectivity index is 1.75. The smallest absolute Gasteiger partial charge is 0.203 e. The molecule has 4 nitrogen and oxygen atoms in total. The summed E-state index contributed by atoms with van der Waals surface area (Å²) in [5, 5.41) is 0. The van der Waals surface area contributed by atoms with Gasteiger partial charge in [-0.2, -0.15) is 0 Å². The van der Waals surface area contributed by atoms with E-state index in [-0.39, 0.29) is 0 Å². The van der Waals surface area contributed by atoms with E-state index in [0.29, 0.717) is 23.9 Å². The van der Waals surface area contributed by atoms with Crippen LogP contribution in [0.1, 0.15) is 73.9 Å². The average molecular weight is 515 g/mol. The van der Waals surface area contributed by atoms with Gasteiger partial charge in [0.15, 0.2) is 11.5 Å².